The van der Waals surface area contributed by atoms with Crippen LogP contribution in [0.3, 0.4) is 0 Å². The maximum atomic E-state index is 11.8. The molecule has 0 saturated heterocycles. The largest absolute Gasteiger partial charge is 0.465 e. The van der Waals surface area contributed by atoms with Crippen molar-refractivity contribution in [1.29, 1.82) is 0 Å². The van der Waals surface area contributed by atoms with Crippen LogP contribution in [0.25, 0.3) is 6.08 Å². The van der Waals surface area contributed by atoms with E-state index in [1.54, 1.807) is 36.6 Å². The molecule has 2 amide bonds. The Morgan fingerprint density at radius 3 is 2.61 bits per heavy atom. The molecule has 0 unspecified atom stereocenters. The second-order valence-corrected chi connectivity index (χ2v) is 5.55. The SMILES string of the molecule is O=C(/C=C/c1ccco1)Nc1ccc(CC(=O)NC2CC2)cc1. The van der Waals surface area contributed by atoms with Crippen LogP contribution in [0, 0.1) is 0 Å². The van der Waals surface area contributed by atoms with Gasteiger partial charge < -0.3 is 15.1 Å². The molecule has 23 heavy (non-hydrogen) atoms. The molecule has 1 fully saturated rings. The lowest BCUT2D eigenvalue weighted by atomic mass is 10.1. The Hall–Kier alpha value is -2.82. The van der Waals surface area contributed by atoms with Crippen LogP contribution in [0.4, 0.5) is 5.69 Å². The highest BCUT2D eigenvalue weighted by atomic mass is 16.3. The van der Waals surface area contributed by atoms with E-state index in [9.17, 15) is 9.59 Å². The first-order valence-corrected chi connectivity index (χ1v) is 7.60. The number of carbonyl (C=O) groups is 2. The highest BCUT2D eigenvalue weighted by Gasteiger charge is 2.22. The number of benzene rings is 1. The Balaban J connectivity index is 1.50. The molecule has 1 heterocycles. The molecule has 0 bridgehead atoms. The lowest BCUT2D eigenvalue weighted by molar-refractivity contribution is -0.120. The Labute approximate surface area is 134 Å². The lowest BCUT2D eigenvalue weighted by Gasteiger charge is -2.05. The molecule has 3 rings (SSSR count). The number of hydrogen-bond acceptors (Lipinski definition) is 3. The van der Waals surface area contributed by atoms with Crippen molar-refractivity contribution in [2.75, 3.05) is 5.32 Å². The van der Waals surface area contributed by atoms with Crippen molar-refractivity contribution in [3.8, 4) is 0 Å². The molecule has 0 aliphatic heterocycles. The van der Waals surface area contributed by atoms with Gasteiger partial charge in [-0.3, -0.25) is 9.59 Å². The zero-order valence-corrected chi connectivity index (χ0v) is 12.6. The minimum Gasteiger partial charge on any atom is -0.465 e. The van der Waals surface area contributed by atoms with E-state index in [-0.39, 0.29) is 11.8 Å². The summed E-state index contributed by atoms with van der Waals surface area (Å²) in [6, 6.07) is 11.2. The predicted molar refractivity (Wildman–Crippen MR) is 87.7 cm³/mol. The summed E-state index contributed by atoms with van der Waals surface area (Å²) in [4.78, 5) is 23.5. The van der Waals surface area contributed by atoms with Gasteiger partial charge in [-0.25, -0.2) is 0 Å². The van der Waals surface area contributed by atoms with Crippen LogP contribution in [0.2, 0.25) is 0 Å². The van der Waals surface area contributed by atoms with Crippen LogP contribution in [0.1, 0.15) is 24.2 Å². The lowest BCUT2D eigenvalue weighted by Crippen LogP contribution is -2.26. The van der Waals surface area contributed by atoms with E-state index in [2.05, 4.69) is 10.6 Å². The molecule has 2 N–H and O–H groups in total. The molecular formula is C18H18N2O3. The minimum absolute atomic E-state index is 0.0469. The van der Waals surface area contributed by atoms with Crippen molar-refractivity contribution in [3.63, 3.8) is 0 Å². The molecule has 5 heteroatoms. The summed E-state index contributed by atoms with van der Waals surface area (Å²) >= 11 is 0. The van der Waals surface area contributed by atoms with E-state index in [0.717, 1.165) is 18.4 Å². The highest BCUT2D eigenvalue weighted by molar-refractivity contribution is 6.01. The third-order valence-corrected chi connectivity index (χ3v) is 3.47. The van der Waals surface area contributed by atoms with Crippen LogP contribution in [-0.2, 0) is 16.0 Å². The molecule has 2 aromatic rings. The summed E-state index contributed by atoms with van der Waals surface area (Å²) < 4.78 is 5.11. The molecule has 118 valence electrons. The first kappa shape index (κ1) is 15.1. The van der Waals surface area contributed by atoms with Gasteiger partial charge in [-0.1, -0.05) is 12.1 Å². The fourth-order valence-corrected chi connectivity index (χ4v) is 2.13. The van der Waals surface area contributed by atoms with Crippen LogP contribution >= 0.6 is 0 Å². The molecule has 1 aromatic heterocycles. The van der Waals surface area contributed by atoms with Crippen molar-refractivity contribution in [2.45, 2.75) is 25.3 Å². The van der Waals surface area contributed by atoms with E-state index in [1.807, 2.05) is 12.1 Å². The van der Waals surface area contributed by atoms with E-state index in [4.69, 9.17) is 4.42 Å². The van der Waals surface area contributed by atoms with Gasteiger partial charge >= 0.3 is 0 Å². The zero-order chi connectivity index (χ0) is 16.1. The third-order valence-electron chi connectivity index (χ3n) is 3.47. The third kappa shape index (κ3) is 4.85. The number of nitrogens with one attached hydrogen (secondary N) is 2. The maximum Gasteiger partial charge on any atom is 0.248 e. The average Bonchev–Trinajstić information content (AvgIpc) is 3.18. The van der Waals surface area contributed by atoms with Gasteiger partial charge in [0.2, 0.25) is 11.8 Å². The first-order chi connectivity index (χ1) is 11.2. The van der Waals surface area contributed by atoms with E-state index < -0.39 is 0 Å². The number of rotatable bonds is 6. The Kier molecular flexibility index (Phi) is 4.57. The summed E-state index contributed by atoms with van der Waals surface area (Å²) in [5, 5.41) is 5.71. The van der Waals surface area contributed by atoms with Gasteiger partial charge in [0, 0.05) is 17.8 Å². The molecule has 0 atom stereocenters. The summed E-state index contributed by atoms with van der Waals surface area (Å²) in [7, 11) is 0. The molecular weight excluding hydrogens is 292 g/mol. The second kappa shape index (κ2) is 6.96. The van der Waals surface area contributed by atoms with Gasteiger partial charge in [0.1, 0.15) is 5.76 Å². The van der Waals surface area contributed by atoms with Crippen molar-refractivity contribution >= 4 is 23.6 Å². The smallest absolute Gasteiger partial charge is 0.248 e. The minimum atomic E-state index is -0.236. The number of hydrogen-bond donors (Lipinski definition) is 2. The molecule has 0 radical (unpaired) electrons. The van der Waals surface area contributed by atoms with E-state index in [1.165, 1.54) is 6.08 Å². The first-order valence-electron chi connectivity index (χ1n) is 7.60. The summed E-state index contributed by atoms with van der Waals surface area (Å²) in [6.07, 6.45) is 7.10. The Morgan fingerprint density at radius 2 is 1.96 bits per heavy atom. The zero-order valence-electron chi connectivity index (χ0n) is 12.6. The standard InChI is InChI=1S/C18H18N2O3/c21-17(10-9-16-2-1-11-23-16)19-14-5-3-13(4-6-14)12-18(22)20-15-7-8-15/h1-6,9-11,15H,7-8,12H2,(H,19,21)(H,20,22)/b10-9+. The van der Waals surface area contributed by atoms with Gasteiger partial charge in [-0.15, -0.1) is 0 Å². The quantitative estimate of drug-likeness (QED) is 0.806. The van der Waals surface area contributed by atoms with Gasteiger partial charge in [-0.2, -0.15) is 0 Å². The number of anilines is 1. The summed E-state index contributed by atoms with van der Waals surface area (Å²) in [5.74, 6) is 0.434. The van der Waals surface area contributed by atoms with Crippen molar-refractivity contribution in [3.05, 3.63) is 60.1 Å². The van der Waals surface area contributed by atoms with Gasteiger partial charge in [-0.05, 0) is 48.7 Å². The molecule has 1 saturated carbocycles. The van der Waals surface area contributed by atoms with E-state index in [0.29, 0.717) is 23.9 Å². The number of furan rings is 1. The Bertz CT molecular complexity index is 698. The molecule has 1 aliphatic rings. The average molecular weight is 310 g/mol. The number of carbonyl (C=O) groups excluding carboxylic acids is 2. The van der Waals surface area contributed by atoms with Gasteiger partial charge in [0.15, 0.2) is 0 Å². The fraction of sp³-hybridized carbons (Fsp3) is 0.222. The number of amides is 2. The monoisotopic (exact) mass is 310 g/mol. The van der Waals surface area contributed by atoms with Crippen molar-refractivity contribution in [2.24, 2.45) is 0 Å². The van der Waals surface area contributed by atoms with Gasteiger partial charge in [0.05, 0.1) is 12.7 Å². The van der Waals surface area contributed by atoms with Gasteiger partial charge in [0.25, 0.3) is 0 Å². The fourth-order valence-electron chi connectivity index (χ4n) is 2.13. The van der Waals surface area contributed by atoms with E-state index >= 15 is 0 Å². The van der Waals surface area contributed by atoms with Crippen LogP contribution in [0.15, 0.2) is 53.2 Å². The summed E-state index contributed by atoms with van der Waals surface area (Å²) in [6.45, 7) is 0. The molecule has 1 aliphatic carbocycles. The summed E-state index contributed by atoms with van der Waals surface area (Å²) in [5.41, 5.74) is 1.61. The molecule has 0 spiro atoms. The molecule has 1 aromatic carbocycles. The van der Waals surface area contributed by atoms with Crippen LogP contribution in [-0.4, -0.2) is 17.9 Å². The van der Waals surface area contributed by atoms with Crippen molar-refractivity contribution < 1.29 is 14.0 Å². The topological polar surface area (TPSA) is 71.3 Å². The highest BCUT2D eigenvalue weighted by Crippen LogP contribution is 2.19. The normalized spacial score (nSPS) is 13.9. The second-order valence-electron chi connectivity index (χ2n) is 5.55. The Morgan fingerprint density at radius 1 is 1.17 bits per heavy atom. The van der Waals surface area contributed by atoms with Crippen LogP contribution in [0.5, 0.6) is 0 Å². The molecule has 5 nitrogen and oxygen atoms in total. The predicted octanol–water partition coefficient (Wildman–Crippen LogP) is 2.75. The van der Waals surface area contributed by atoms with Crippen LogP contribution < -0.4 is 10.6 Å². The maximum absolute atomic E-state index is 11.8. The van der Waals surface area contributed by atoms with Crippen molar-refractivity contribution in [1.82, 2.24) is 5.32 Å².